The fourth-order valence-electron chi connectivity index (χ4n) is 4.19. The number of rotatable bonds is 7. The summed E-state index contributed by atoms with van der Waals surface area (Å²) in [5.41, 5.74) is 0.503. The van der Waals surface area contributed by atoms with Gasteiger partial charge in [0.25, 0.3) is 0 Å². The van der Waals surface area contributed by atoms with E-state index >= 15 is 0 Å². The summed E-state index contributed by atoms with van der Waals surface area (Å²) < 4.78 is 45.8. The zero-order valence-corrected chi connectivity index (χ0v) is 18.3. The van der Waals surface area contributed by atoms with E-state index in [-0.39, 0.29) is 18.6 Å². The molecule has 8 heteroatoms. The Morgan fingerprint density at radius 2 is 1.94 bits per heavy atom. The van der Waals surface area contributed by atoms with Crippen LogP contribution in [0.1, 0.15) is 62.0 Å². The summed E-state index contributed by atoms with van der Waals surface area (Å²) in [7, 11) is 0. The van der Waals surface area contributed by atoms with Crippen LogP contribution in [0.4, 0.5) is 13.2 Å². The van der Waals surface area contributed by atoms with Crippen LogP contribution < -0.4 is 0 Å². The van der Waals surface area contributed by atoms with Gasteiger partial charge in [-0.1, -0.05) is 32.0 Å². The molecule has 0 aliphatic carbocycles. The number of likely N-dealkylation sites (tertiary alicyclic amines) is 1. The van der Waals surface area contributed by atoms with Crippen LogP contribution in [0.15, 0.2) is 30.3 Å². The number of benzene rings is 1. The van der Waals surface area contributed by atoms with E-state index in [2.05, 4.69) is 28.9 Å². The van der Waals surface area contributed by atoms with Crippen LogP contribution in [0.2, 0.25) is 0 Å². The molecule has 1 saturated heterocycles. The Kier molecular flexibility index (Phi) is 7.09. The summed E-state index contributed by atoms with van der Waals surface area (Å²) in [5, 5.41) is 7.37. The number of nitrogens with zero attached hydrogens (tertiary/aromatic N) is 2. The molecule has 1 N–H and O–H groups in total. The van der Waals surface area contributed by atoms with Gasteiger partial charge in [0.15, 0.2) is 0 Å². The first-order valence-corrected chi connectivity index (χ1v) is 10.7. The van der Waals surface area contributed by atoms with Gasteiger partial charge < -0.3 is 4.74 Å². The predicted octanol–water partition coefficient (Wildman–Crippen LogP) is 4.94. The summed E-state index contributed by atoms with van der Waals surface area (Å²) in [5.74, 6) is -0.0771. The highest BCUT2D eigenvalue weighted by atomic mass is 19.4. The number of piperidine rings is 1. The van der Waals surface area contributed by atoms with E-state index in [4.69, 9.17) is 4.74 Å². The van der Waals surface area contributed by atoms with Gasteiger partial charge in [0.1, 0.15) is 0 Å². The van der Waals surface area contributed by atoms with E-state index in [1.807, 2.05) is 6.07 Å². The minimum Gasteiger partial charge on any atom is -0.466 e. The van der Waals surface area contributed by atoms with Gasteiger partial charge in [-0.15, -0.1) is 0 Å². The van der Waals surface area contributed by atoms with Crippen molar-refractivity contribution in [3.8, 4) is 0 Å². The molecule has 1 fully saturated rings. The minimum absolute atomic E-state index is 0.0247. The normalized spacial score (nSPS) is 17.1. The number of alkyl halides is 3. The number of esters is 1. The number of carbonyl (C=O) groups is 1. The fourth-order valence-corrected chi connectivity index (χ4v) is 4.19. The quantitative estimate of drug-likeness (QED) is 0.624. The Hall–Kier alpha value is -2.35. The average Bonchev–Trinajstić information content (AvgIpc) is 3.18. The summed E-state index contributed by atoms with van der Waals surface area (Å²) in [6.45, 7) is 7.94. The molecule has 0 amide bonds. The number of carbonyl (C=O) groups excluding carboxylic acids is 1. The zero-order valence-electron chi connectivity index (χ0n) is 18.3. The Morgan fingerprint density at radius 1 is 1.26 bits per heavy atom. The maximum absolute atomic E-state index is 13.5. The lowest BCUT2D eigenvalue weighted by Crippen LogP contribution is -2.46. The summed E-state index contributed by atoms with van der Waals surface area (Å²) in [6.07, 6.45) is -3.54. The monoisotopic (exact) mass is 437 g/mol. The van der Waals surface area contributed by atoms with Gasteiger partial charge in [0, 0.05) is 12.2 Å². The van der Waals surface area contributed by atoms with E-state index in [0.29, 0.717) is 38.4 Å². The second-order valence-corrected chi connectivity index (χ2v) is 8.58. The lowest BCUT2D eigenvalue weighted by Gasteiger charge is -2.40. The zero-order chi connectivity index (χ0) is 22.6. The van der Waals surface area contributed by atoms with Crippen LogP contribution >= 0.6 is 0 Å². The SMILES string of the molecule is CCOC(=O)C1(Cc2ccccc2C(F)(F)F)CCN(Cc2cc(C(C)C)n[nH]2)CC1. The number of aromatic nitrogens is 2. The van der Waals surface area contributed by atoms with Gasteiger partial charge >= 0.3 is 12.1 Å². The molecule has 2 heterocycles. The number of ether oxygens (including phenoxy) is 1. The number of hydrogen-bond acceptors (Lipinski definition) is 4. The standard InChI is InChI=1S/C23H30F3N3O2/c1-4-31-21(30)22(14-17-7-5-6-8-19(17)23(24,25)26)9-11-29(12-10-22)15-18-13-20(16(2)3)28-27-18/h5-8,13,16H,4,9-12,14-15H2,1-3H3,(H,27,28). The summed E-state index contributed by atoms with van der Waals surface area (Å²) in [4.78, 5) is 15.1. The van der Waals surface area contributed by atoms with Crippen LogP contribution in [-0.4, -0.2) is 40.8 Å². The maximum Gasteiger partial charge on any atom is 0.416 e. The number of hydrogen-bond donors (Lipinski definition) is 1. The first-order chi connectivity index (χ1) is 14.6. The van der Waals surface area contributed by atoms with Crippen molar-refractivity contribution in [2.24, 2.45) is 5.41 Å². The lowest BCUT2D eigenvalue weighted by atomic mass is 9.73. The molecule has 0 bridgehead atoms. The molecule has 0 unspecified atom stereocenters. The topological polar surface area (TPSA) is 58.2 Å². The van der Waals surface area contributed by atoms with Gasteiger partial charge in [0.05, 0.1) is 23.3 Å². The van der Waals surface area contributed by atoms with Crippen molar-refractivity contribution in [2.45, 2.75) is 58.7 Å². The molecule has 0 saturated carbocycles. The highest BCUT2D eigenvalue weighted by Gasteiger charge is 2.44. The van der Waals surface area contributed by atoms with E-state index in [1.54, 1.807) is 13.0 Å². The first kappa shape index (κ1) is 23.3. The molecule has 5 nitrogen and oxygen atoms in total. The third-order valence-corrected chi connectivity index (χ3v) is 6.01. The third kappa shape index (κ3) is 5.47. The minimum atomic E-state index is -4.46. The van der Waals surface area contributed by atoms with Gasteiger partial charge in [-0.05, 0) is 62.9 Å². The van der Waals surface area contributed by atoms with Crippen molar-refractivity contribution in [1.29, 1.82) is 0 Å². The van der Waals surface area contributed by atoms with Gasteiger partial charge in [0.2, 0.25) is 0 Å². The number of halogens is 3. The van der Waals surface area contributed by atoms with Crippen molar-refractivity contribution >= 4 is 5.97 Å². The molecule has 1 aliphatic heterocycles. The first-order valence-electron chi connectivity index (χ1n) is 10.7. The van der Waals surface area contributed by atoms with Crippen LogP contribution in [-0.2, 0) is 28.7 Å². The van der Waals surface area contributed by atoms with Gasteiger partial charge in [-0.3, -0.25) is 14.8 Å². The van der Waals surface area contributed by atoms with Crippen molar-refractivity contribution in [2.75, 3.05) is 19.7 Å². The van der Waals surface area contributed by atoms with Crippen LogP contribution in [0.3, 0.4) is 0 Å². The molecule has 170 valence electrons. The highest BCUT2D eigenvalue weighted by Crippen LogP contribution is 2.40. The molecule has 1 aliphatic rings. The molecule has 1 aromatic carbocycles. The van der Waals surface area contributed by atoms with Crippen LogP contribution in [0.25, 0.3) is 0 Å². The van der Waals surface area contributed by atoms with Crippen molar-refractivity contribution in [1.82, 2.24) is 15.1 Å². The Labute approximate surface area is 181 Å². The number of H-pyrrole nitrogens is 1. The highest BCUT2D eigenvalue weighted by molar-refractivity contribution is 5.77. The number of aromatic amines is 1. The Morgan fingerprint density at radius 3 is 2.52 bits per heavy atom. The molecule has 0 radical (unpaired) electrons. The van der Waals surface area contributed by atoms with Crippen molar-refractivity contribution < 1.29 is 22.7 Å². The van der Waals surface area contributed by atoms with E-state index in [9.17, 15) is 18.0 Å². The molecule has 2 aromatic rings. The van der Waals surface area contributed by atoms with Crippen molar-refractivity contribution in [3.05, 3.63) is 52.8 Å². The molecular weight excluding hydrogens is 407 g/mol. The van der Waals surface area contributed by atoms with Crippen LogP contribution in [0.5, 0.6) is 0 Å². The third-order valence-electron chi connectivity index (χ3n) is 6.01. The average molecular weight is 438 g/mol. The second kappa shape index (κ2) is 9.42. The molecule has 1 aromatic heterocycles. The Balaban J connectivity index is 1.76. The Bertz CT molecular complexity index is 884. The van der Waals surface area contributed by atoms with E-state index in [0.717, 1.165) is 17.5 Å². The lowest BCUT2D eigenvalue weighted by molar-refractivity contribution is -0.159. The molecule has 3 rings (SSSR count). The fraction of sp³-hybridized carbons (Fsp3) is 0.565. The smallest absolute Gasteiger partial charge is 0.416 e. The van der Waals surface area contributed by atoms with Gasteiger partial charge in [-0.2, -0.15) is 18.3 Å². The molecule has 0 atom stereocenters. The second-order valence-electron chi connectivity index (χ2n) is 8.58. The summed E-state index contributed by atoms with van der Waals surface area (Å²) in [6, 6.07) is 7.55. The molecule has 31 heavy (non-hydrogen) atoms. The summed E-state index contributed by atoms with van der Waals surface area (Å²) >= 11 is 0. The molecule has 0 spiro atoms. The maximum atomic E-state index is 13.5. The van der Waals surface area contributed by atoms with Crippen molar-refractivity contribution in [3.63, 3.8) is 0 Å². The number of nitrogens with one attached hydrogen (secondary N) is 1. The molecular formula is C23H30F3N3O2. The van der Waals surface area contributed by atoms with E-state index in [1.165, 1.54) is 12.1 Å². The van der Waals surface area contributed by atoms with Crippen LogP contribution in [0, 0.1) is 5.41 Å². The van der Waals surface area contributed by atoms with Gasteiger partial charge in [-0.25, -0.2) is 0 Å². The predicted molar refractivity (Wildman–Crippen MR) is 111 cm³/mol. The largest absolute Gasteiger partial charge is 0.466 e. The van der Waals surface area contributed by atoms with E-state index < -0.39 is 23.1 Å².